The molecule has 0 fully saturated rings. The van der Waals surface area contributed by atoms with Gasteiger partial charge in [-0.15, -0.1) is 0 Å². The lowest BCUT2D eigenvalue weighted by atomic mass is 10.2. The Morgan fingerprint density at radius 2 is 2.00 bits per heavy atom. The molecule has 8 heteroatoms. The number of methoxy groups -OCH3 is 1. The summed E-state index contributed by atoms with van der Waals surface area (Å²) < 4.78 is 10.8. The fourth-order valence-electron chi connectivity index (χ4n) is 2.49. The van der Waals surface area contributed by atoms with Crippen molar-refractivity contribution in [2.75, 3.05) is 7.11 Å². The molecule has 0 atom stereocenters. The van der Waals surface area contributed by atoms with Gasteiger partial charge in [0.2, 0.25) is 0 Å². The molecule has 0 aliphatic carbocycles. The monoisotopic (exact) mass is 392 g/mol. The second kappa shape index (κ2) is 8.01. The van der Waals surface area contributed by atoms with E-state index in [0.717, 1.165) is 16.2 Å². The zero-order valence-electron chi connectivity index (χ0n) is 14.9. The standard InChI is InChI=1S/C20H16N4O3S/c1-26-14-8-6-13(7-9-14)19(25)24-21-12-15-10-11-18(27-15)28-20-22-16-4-2-3-5-17(16)23-20/h2-12H,1H3,(H,22,23)(H,24,25)/b21-12+. The van der Waals surface area contributed by atoms with E-state index in [1.54, 1.807) is 37.4 Å². The summed E-state index contributed by atoms with van der Waals surface area (Å²) in [7, 11) is 1.57. The molecule has 7 nitrogen and oxygen atoms in total. The first-order valence-corrected chi connectivity index (χ1v) is 9.23. The molecule has 0 bridgehead atoms. The van der Waals surface area contributed by atoms with Gasteiger partial charge in [-0.3, -0.25) is 4.79 Å². The van der Waals surface area contributed by atoms with Crippen LogP contribution in [0.4, 0.5) is 0 Å². The van der Waals surface area contributed by atoms with Crippen molar-refractivity contribution in [2.45, 2.75) is 10.2 Å². The molecule has 0 radical (unpaired) electrons. The average Bonchev–Trinajstić information content (AvgIpc) is 3.34. The number of nitrogens with zero attached hydrogens (tertiary/aromatic N) is 2. The Bertz CT molecular complexity index is 1100. The third kappa shape index (κ3) is 4.07. The lowest BCUT2D eigenvalue weighted by Gasteiger charge is -2.01. The van der Waals surface area contributed by atoms with E-state index in [1.165, 1.54) is 18.0 Å². The third-order valence-electron chi connectivity index (χ3n) is 3.88. The predicted octanol–water partition coefficient (Wildman–Crippen LogP) is 4.08. The Hall–Kier alpha value is -3.52. The minimum Gasteiger partial charge on any atom is -0.497 e. The van der Waals surface area contributed by atoms with Crippen molar-refractivity contribution in [1.82, 2.24) is 15.4 Å². The van der Waals surface area contributed by atoms with Gasteiger partial charge >= 0.3 is 0 Å². The molecule has 0 saturated carbocycles. The number of rotatable bonds is 6. The predicted molar refractivity (Wildman–Crippen MR) is 107 cm³/mol. The zero-order valence-corrected chi connectivity index (χ0v) is 15.7. The summed E-state index contributed by atoms with van der Waals surface area (Å²) in [5.41, 5.74) is 4.82. The van der Waals surface area contributed by atoms with E-state index in [9.17, 15) is 4.79 Å². The van der Waals surface area contributed by atoms with E-state index in [0.29, 0.717) is 22.2 Å². The highest BCUT2D eigenvalue weighted by atomic mass is 32.2. The van der Waals surface area contributed by atoms with Gasteiger partial charge in [-0.05, 0) is 60.3 Å². The van der Waals surface area contributed by atoms with Crippen LogP contribution < -0.4 is 10.2 Å². The number of aromatic nitrogens is 2. The maximum atomic E-state index is 12.1. The van der Waals surface area contributed by atoms with E-state index in [2.05, 4.69) is 20.5 Å². The number of ether oxygens (including phenoxy) is 1. The van der Waals surface area contributed by atoms with Gasteiger partial charge in [-0.25, -0.2) is 10.4 Å². The molecule has 0 unspecified atom stereocenters. The number of benzene rings is 2. The number of para-hydroxylation sites is 2. The van der Waals surface area contributed by atoms with Crippen LogP contribution in [0.25, 0.3) is 11.0 Å². The maximum Gasteiger partial charge on any atom is 0.271 e. The van der Waals surface area contributed by atoms with E-state index in [1.807, 2.05) is 30.3 Å². The van der Waals surface area contributed by atoms with E-state index < -0.39 is 0 Å². The van der Waals surface area contributed by atoms with Crippen LogP contribution in [0.3, 0.4) is 0 Å². The van der Waals surface area contributed by atoms with Crippen molar-refractivity contribution in [3.05, 3.63) is 72.0 Å². The van der Waals surface area contributed by atoms with E-state index >= 15 is 0 Å². The maximum absolute atomic E-state index is 12.1. The molecule has 0 saturated heterocycles. The first-order valence-electron chi connectivity index (χ1n) is 8.41. The molecule has 0 spiro atoms. The summed E-state index contributed by atoms with van der Waals surface area (Å²) in [4.78, 5) is 19.8. The number of aromatic amines is 1. The number of hydrogen-bond acceptors (Lipinski definition) is 6. The summed E-state index contributed by atoms with van der Waals surface area (Å²) in [5, 5.41) is 5.34. The minimum atomic E-state index is -0.317. The third-order valence-corrected chi connectivity index (χ3v) is 4.68. The second-order valence-electron chi connectivity index (χ2n) is 5.75. The molecular weight excluding hydrogens is 376 g/mol. The van der Waals surface area contributed by atoms with Crippen LogP contribution in [0.1, 0.15) is 16.1 Å². The number of hydrazone groups is 1. The fraction of sp³-hybridized carbons (Fsp3) is 0.0500. The molecule has 1 amide bonds. The van der Waals surface area contributed by atoms with Gasteiger partial charge in [-0.1, -0.05) is 12.1 Å². The molecule has 28 heavy (non-hydrogen) atoms. The van der Waals surface area contributed by atoms with E-state index in [-0.39, 0.29) is 5.91 Å². The number of imidazole rings is 1. The van der Waals surface area contributed by atoms with Crippen LogP contribution in [0.15, 0.2) is 80.4 Å². The fourth-order valence-corrected chi connectivity index (χ4v) is 3.26. The molecule has 140 valence electrons. The summed E-state index contributed by atoms with van der Waals surface area (Å²) in [5.74, 6) is 0.890. The summed E-state index contributed by atoms with van der Waals surface area (Å²) in [6.07, 6.45) is 1.45. The highest BCUT2D eigenvalue weighted by Crippen LogP contribution is 2.28. The number of nitrogens with one attached hydrogen (secondary N) is 2. The molecule has 4 aromatic rings. The largest absolute Gasteiger partial charge is 0.497 e. The zero-order chi connectivity index (χ0) is 19.3. The number of fused-ring (bicyclic) bond motifs is 1. The number of H-pyrrole nitrogens is 1. The van der Waals surface area contributed by atoms with Gasteiger partial charge in [0.1, 0.15) is 11.5 Å². The minimum absolute atomic E-state index is 0.317. The molecular formula is C20H16N4O3S. The first-order chi connectivity index (χ1) is 13.7. The molecule has 2 aromatic carbocycles. The van der Waals surface area contributed by atoms with Crippen LogP contribution in [0.5, 0.6) is 5.75 Å². The number of carbonyl (C=O) groups excluding carboxylic acids is 1. The Morgan fingerprint density at radius 1 is 1.18 bits per heavy atom. The average molecular weight is 392 g/mol. The molecule has 2 heterocycles. The molecule has 2 N–H and O–H groups in total. The van der Waals surface area contributed by atoms with Crippen LogP contribution in [0.2, 0.25) is 0 Å². The van der Waals surface area contributed by atoms with E-state index in [4.69, 9.17) is 9.15 Å². The Labute approximate surface area is 164 Å². The van der Waals surface area contributed by atoms with Crippen molar-refractivity contribution in [1.29, 1.82) is 0 Å². The van der Waals surface area contributed by atoms with Crippen molar-refractivity contribution < 1.29 is 13.9 Å². The van der Waals surface area contributed by atoms with Crippen LogP contribution in [-0.2, 0) is 0 Å². The Balaban J connectivity index is 1.36. The van der Waals surface area contributed by atoms with Crippen LogP contribution in [-0.4, -0.2) is 29.2 Å². The van der Waals surface area contributed by atoms with Crippen molar-refractivity contribution in [2.24, 2.45) is 5.10 Å². The second-order valence-corrected chi connectivity index (χ2v) is 6.74. The Morgan fingerprint density at radius 3 is 2.79 bits per heavy atom. The Kier molecular flexibility index (Phi) is 5.11. The summed E-state index contributed by atoms with van der Waals surface area (Å²) >= 11 is 1.38. The van der Waals surface area contributed by atoms with Gasteiger partial charge in [0, 0.05) is 5.56 Å². The number of hydrogen-bond donors (Lipinski definition) is 2. The number of carbonyl (C=O) groups is 1. The highest BCUT2D eigenvalue weighted by Gasteiger charge is 2.08. The summed E-state index contributed by atoms with van der Waals surface area (Å²) in [6, 6.07) is 18.2. The quantitative estimate of drug-likeness (QED) is 0.381. The van der Waals surface area contributed by atoms with Gasteiger partial charge < -0.3 is 14.1 Å². The molecule has 2 aromatic heterocycles. The topological polar surface area (TPSA) is 92.5 Å². The van der Waals surface area contributed by atoms with Crippen LogP contribution >= 0.6 is 11.8 Å². The molecule has 0 aliphatic rings. The lowest BCUT2D eigenvalue weighted by Crippen LogP contribution is -2.17. The first kappa shape index (κ1) is 17.9. The van der Waals surface area contributed by atoms with Gasteiger partial charge in [-0.2, -0.15) is 5.10 Å². The van der Waals surface area contributed by atoms with Crippen molar-refractivity contribution in [3.8, 4) is 5.75 Å². The van der Waals surface area contributed by atoms with Gasteiger partial charge in [0.15, 0.2) is 10.2 Å². The van der Waals surface area contributed by atoms with Crippen molar-refractivity contribution >= 4 is 34.9 Å². The van der Waals surface area contributed by atoms with Gasteiger partial charge in [0.05, 0.1) is 24.4 Å². The molecule has 4 rings (SSSR count). The number of furan rings is 1. The molecule has 0 aliphatic heterocycles. The van der Waals surface area contributed by atoms with Crippen LogP contribution in [0, 0.1) is 0 Å². The summed E-state index contributed by atoms with van der Waals surface area (Å²) in [6.45, 7) is 0. The normalized spacial score (nSPS) is 11.2. The highest BCUT2D eigenvalue weighted by molar-refractivity contribution is 7.99. The number of amides is 1. The van der Waals surface area contributed by atoms with Gasteiger partial charge in [0.25, 0.3) is 5.91 Å². The van der Waals surface area contributed by atoms with Crippen molar-refractivity contribution in [3.63, 3.8) is 0 Å². The smallest absolute Gasteiger partial charge is 0.271 e. The SMILES string of the molecule is COc1ccc(C(=O)N/N=C/c2ccc(Sc3nc4ccccc4[nH]3)o2)cc1. The lowest BCUT2D eigenvalue weighted by molar-refractivity contribution is 0.0955.